The van der Waals surface area contributed by atoms with Crippen LogP contribution in [0.3, 0.4) is 0 Å². The minimum Gasteiger partial charge on any atom is -0.310 e. The molecule has 5 nitrogen and oxygen atoms in total. The lowest BCUT2D eigenvalue weighted by atomic mass is 10.1. The first-order valence-corrected chi connectivity index (χ1v) is 11.8. The Balaban J connectivity index is 1.62. The van der Waals surface area contributed by atoms with E-state index in [1.807, 2.05) is 32.1 Å². The van der Waals surface area contributed by atoms with Crippen molar-refractivity contribution in [2.45, 2.75) is 39.8 Å². The van der Waals surface area contributed by atoms with Gasteiger partial charge in [0, 0.05) is 29.0 Å². The van der Waals surface area contributed by atoms with Crippen molar-refractivity contribution in [3.8, 4) is 11.1 Å². The lowest BCUT2D eigenvalue weighted by Gasteiger charge is -2.06. The fraction of sp³-hybridized carbons (Fsp3) is 0.231. The topological polar surface area (TPSA) is 67.2 Å². The quantitative estimate of drug-likeness (QED) is 0.334. The molecule has 0 fully saturated rings. The zero-order chi connectivity index (χ0) is 25.4. The number of carbonyl (C=O) groups is 1. The van der Waals surface area contributed by atoms with Crippen LogP contribution in [0.2, 0.25) is 0 Å². The van der Waals surface area contributed by atoms with Crippen LogP contribution >= 0.6 is 11.3 Å². The molecular weight excluding hydrogens is 473 g/mol. The van der Waals surface area contributed by atoms with Crippen molar-refractivity contribution >= 4 is 35.0 Å². The van der Waals surface area contributed by atoms with Gasteiger partial charge in [-0.15, -0.1) is 11.3 Å². The van der Waals surface area contributed by atoms with Crippen LogP contribution in [0.15, 0.2) is 70.8 Å². The van der Waals surface area contributed by atoms with Crippen LogP contribution in [0, 0.1) is 0 Å². The summed E-state index contributed by atoms with van der Waals surface area (Å²) < 4.78 is 38.8. The smallest absolute Gasteiger partial charge is 0.310 e. The second-order valence-corrected chi connectivity index (χ2v) is 8.70. The molecule has 3 aromatic rings. The van der Waals surface area contributed by atoms with Gasteiger partial charge in [0.05, 0.1) is 12.1 Å². The molecular formula is C26H25F3N4OS. The van der Waals surface area contributed by atoms with E-state index in [-0.39, 0.29) is 12.3 Å². The predicted octanol–water partition coefficient (Wildman–Crippen LogP) is 7.19. The number of anilines is 1. The molecule has 35 heavy (non-hydrogen) atoms. The molecule has 0 spiro atoms. The Morgan fingerprint density at radius 1 is 1.17 bits per heavy atom. The van der Waals surface area contributed by atoms with Crippen molar-refractivity contribution in [3.63, 3.8) is 0 Å². The van der Waals surface area contributed by atoms with Gasteiger partial charge in [-0.3, -0.25) is 14.8 Å². The molecule has 0 aliphatic rings. The van der Waals surface area contributed by atoms with E-state index in [1.165, 1.54) is 23.0 Å². The maximum absolute atomic E-state index is 12.9. The normalized spacial score (nSPS) is 12.9. The van der Waals surface area contributed by atoms with Gasteiger partial charge in [0.25, 0.3) is 0 Å². The molecule has 0 saturated carbocycles. The Morgan fingerprint density at radius 3 is 2.63 bits per heavy atom. The van der Waals surface area contributed by atoms with Crippen LogP contribution in [-0.2, 0) is 17.4 Å². The number of allylic oxidation sites excluding steroid dienone is 3. The van der Waals surface area contributed by atoms with Gasteiger partial charge in [-0.2, -0.15) is 13.2 Å². The predicted molar refractivity (Wildman–Crippen MR) is 135 cm³/mol. The van der Waals surface area contributed by atoms with Gasteiger partial charge in [0.1, 0.15) is 11.5 Å². The monoisotopic (exact) mass is 498 g/mol. The summed E-state index contributed by atoms with van der Waals surface area (Å²) in [7, 11) is 0. The molecule has 0 bridgehead atoms. The summed E-state index contributed by atoms with van der Waals surface area (Å²) in [6.45, 7) is 6.02. The van der Waals surface area contributed by atoms with E-state index in [0.29, 0.717) is 16.9 Å². The first kappa shape index (κ1) is 26.0. The van der Waals surface area contributed by atoms with Gasteiger partial charge in [0.15, 0.2) is 0 Å². The number of pyridine rings is 2. The van der Waals surface area contributed by atoms with E-state index in [4.69, 9.17) is 0 Å². The zero-order valence-corrected chi connectivity index (χ0v) is 20.4. The Hall–Kier alpha value is -3.59. The summed E-state index contributed by atoms with van der Waals surface area (Å²) in [6.07, 6.45) is 4.91. The van der Waals surface area contributed by atoms with Gasteiger partial charge >= 0.3 is 6.18 Å². The molecule has 0 aliphatic heterocycles. The summed E-state index contributed by atoms with van der Waals surface area (Å²) in [5.74, 6) is 0.134. The van der Waals surface area contributed by atoms with Gasteiger partial charge < -0.3 is 5.32 Å². The number of amides is 1. The molecule has 3 aromatic heterocycles. The lowest BCUT2D eigenvalue weighted by Crippen LogP contribution is -2.14. The van der Waals surface area contributed by atoms with Gasteiger partial charge in [-0.1, -0.05) is 18.6 Å². The average molecular weight is 499 g/mol. The van der Waals surface area contributed by atoms with Gasteiger partial charge in [-0.05, 0) is 73.2 Å². The number of nitrogens with one attached hydrogen (secondary N) is 1. The Labute approximate surface area is 206 Å². The Kier molecular flexibility index (Phi) is 8.70. The molecule has 0 unspecified atom stereocenters. The van der Waals surface area contributed by atoms with E-state index >= 15 is 0 Å². The molecule has 9 heteroatoms. The zero-order valence-electron chi connectivity index (χ0n) is 19.6. The molecule has 1 amide bonds. The van der Waals surface area contributed by atoms with E-state index in [0.717, 1.165) is 34.8 Å². The minimum atomic E-state index is -4.51. The maximum atomic E-state index is 12.9. The van der Waals surface area contributed by atoms with Crippen LogP contribution in [0.25, 0.3) is 16.8 Å². The highest BCUT2D eigenvalue weighted by atomic mass is 32.1. The van der Waals surface area contributed by atoms with Crippen molar-refractivity contribution < 1.29 is 18.0 Å². The second-order valence-electron chi connectivity index (χ2n) is 7.70. The third-order valence-electron chi connectivity index (χ3n) is 5.10. The third kappa shape index (κ3) is 7.45. The van der Waals surface area contributed by atoms with Crippen molar-refractivity contribution in [2.75, 3.05) is 5.32 Å². The Bertz CT molecular complexity index is 1260. The van der Waals surface area contributed by atoms with Crippen molar-refractivity contribution in [1.82, 2.24) is 9.97 Å². The fourth-order valence-corrected chi connectivity index (χ4v) is 3.92. The number of hydrogen-bond donors (Lipinski definition) is 1. The highest BCUT2D eigenvalue weighted by Gasteiger charge is 2.32. The number of nitrogens with zero attached hydrogens (tertiary/aromatic N) is 3. The van der Waals surface area contributed by atoms with Crippen molar-refractivity contribution in [1.29, 1.82) is 0 Å². The number of thiophene rings is 1. The van der Waals surface area contributed by atoms with Crippen LogP contribution < -0.4 is 5.32 Å². The number of aliphatic imine (C=N–C) groups is 1. The van der Waals surface area contributed by atoms with E-state index in [1.54, 1.807) is 29.9 Å². The fourth-order valence-electron chi connectivity index (χ4n) is 3.03. The number of hydrogen-bond acceptors (Lipinski definition) is 5. The summed E-state index contributed by atoms with van der Waals surface area (Å²) in [6, 6.07) is 7.76. The summed E-state index contributed by atoms with van der Waals surface area (Å²) >= 11 is 1.31. The standard InChI is InChI=1S/C26H25F3N4OS/c1-4-17(3)8-10-30-22(5-2)19-6-7-24(32-15-19)33-25(34)14-21-12-20(16-35-21)18-9-11-31-23(13-18)26(27,28)29/h5-13,15-16H,4,14H2,1-3H3,(H,32,33,34)/b17-8+,22-5-,30-10+. The molecule has 0 radical (unpaired) electrons. The number of halogens is 3. The van der Waals surface area contributed by atoms with Crippen molar-refractivity contribution in [2.24, 2.45) is 4.99 Å². The van der Waals surface area contributed by atoms with Crippen LogP contribution in [0.4, 0.5) is 19.0 Å². The molecule has 0 atom stereocenters. The molecule has 3 heterocycles. The van der Waals surface area contributed by atoms with Crippen LogP contribution in [0.1, 0.15) is 43.3 Å². The second kappa shape index (κ2) is 11.7. The SMILES string of the molecule is C\C=C(/N=C/C=C(\C)CC)c1ccc(NC(=O)Cc2cc(-c3ccnc(C(F)(F)F)c3)cs2)nc1. The summed E-state index contributed by atoms with van der Waals surface area (Å²) in [5, 5.41) is 4.47. The summed E-state index contributed by atoms with van der Waals surface area (Å²) in [5.41, 5.74) is 2.88. The molecule has 0 aromatic carbocycles. The number of alkyl halides is 3. The number of aromatic nitrogens is 2. The number of rotatable bonds is 8. The molecule has 0 saturated heterocycles. The maximum Gasteiger partial charge on any atom is 0.433 e. The first-order chi connectivity index (χ1) is 16.7. The van der Waals surface area contributed by atoms with E-state index < -0.39 is 11.9 Å². The lowest BCUT2D eigenvalue weighted by molar-refractivity contribution is -0.141. The molecule has 182 valence electrons. The third-order valence-corrected chi connectivity index (χ3v) is 6.04. The van der Waals surface area contributed by atoms with Gasteiger partial charge in [0.2, 0.25) is 5.91 Å². The largest absolute Gasteiger partial charge is 0.433 e. The van der Waals surface area contributed by atoms with Crippen LogP contribution in [0.5, 0.6) is 0 Å². The highest BCUT2D eigenvalue weighted by molar-refractivity contribution is 7.10. The first-order valence-electron chi connectivity index (χ1n) is 10.9. The molecule has 0 aliphatic carbocycles. The van der Waals surface area contributed by atoms with E-state index in [9.17, 15) is 18.0 Å². The minimum absolute atomic E-state index is 0.0822. The summed E-state index contributed by atoms with van der Waals surface area (Å²) in [4.78, 5) is 25.3. The molecule has 1 N–H and O–H groups in total. The highest BCUT2D eigenvalue weighted by Crippen LogP contribution is 2.32. The average Bonchev–Trinajstić information content (AvgIpc) is 3.30. The number of carbonyl (C=O) groups excluding carboxylic acids is 1. The molecule has 3 rings (SSSR count). The van der Waals surface area contributed by atoms with Crippen LogP contribution in [-0.4, -0.2) is 22.1 Å². The Morgan fingerprint density at radius 2 is 1.97 bits per heavy atom. The van der Waals surface area contributed by atoms with Crippen molar-refractivity contribution in [3.05, 3.63) is 82.0 Å². The van der Waals surface area contributed by atoms with Gasteiger partial charge in [-0.25, -0.2) is 4.98 Å². The van der Waals surface area contributed by atoms with E-state index in [2.05, 4.69) is 27.2 Å².